The number of unbranched alkanes of at least 4 members (excludes halogenated alkanes) is 2. The minimum absolute atomic E-state index is 0.0425. The van der Waals surface area contributed by atoms with Crippen LogP contribution in [0.3, 0.4) is 0 Å². The van der Waals surface area contributed by atoms with Crippen molar-refractivity contribution in [2.24, 2.45) is 0 Å². The van der Waals surface area contributed by atoms with Gasteiger partial charge in [0.1, 0.15) is 0 Å². The lowest BCUT2D eigenvalue weighted by molar-refractivity contribution is -0.314. The van der Waals surface area contributed by atoms with Crippen LogP contribution in [-0.4, -0.2) is 33.5 Å². The highest BCUT2D eigenvalue weighted by atomic mass is 16.7. The summed E-state index contributed by atoms with van der Waals surface area (Å²) in [6.45, 7) is 2.01. The predicted octanol–water partition coefficient (Wildman–Crippen LogP) is -0.000660. The van der Waals surface area contributed by atoms with Crippen LogP contribution in [0.4, 0.5) is 0 Å². The highest BCUT2D eigenvalue weighted by molar-refractivity contribution is 5.26. The molecular formula is C8H16N2O5. The van der Waals surface area contributed by atoms with Gasteiger partial charge in [0.15, 0.2) is 0 Å². The topological polar surface area (TPSA) is 143 Å². The number of carbonyl (C=O) groups excluding carboxylic acids is 2. The molecule has 0 spiro atoms. The lowest BCUT2D eigenvalue weighted by Crippen LogP contribution is -2.26. The Morgan fingerprint density at radius 3 is 1.60 bits per heavy atom. The molecule has 0 saturated carbocycles. The lowest BCUT2D eigenvalue weighted by Gasteiger charge is -2.12. The number of hydrogen-bond donors (Lipinski definition) is 5. The van der Waals surface area contributed by atoms with Crippen molar-refractivity contribution in [3.63, 3.8) is 0 Å². The van der Waals surface area contributed by atoms with E-state index in [2.05, 4.69) is 0 Å². The van der Waals surface area contributed by atoms with Gasteiger partial charge < -0.3 is 15.3 Å². The van der Waals surface area contributed by atoms with Gasteiger partial charge in [0.05, 0.1) is 0 Å². The first-order chi connectivity index (χ1) is 6.89. The lowest BCUT2D eigenvalue weighted by atomic mass is 10.2. The smallest absolute Gasteiger partial charge is 0.275 e. The van der Waals surface area contributed by atoms with Gasteiger partial charge >= 0.3 is 0 Å². The molecule has 0 aliphatic rings. The Morgan fingerprint density at radius 2 is 1.40 bits per heavy atom. The molecule has 15 heavy (non-hydrogen) atoms. The molecule has 0 saturated heterocycles. The maximum Gasteiger partial charge on any atom is 0.275 e. The Hall–Kier alpha value is -1.36. The average molecular weight is 220 g/mol. The van der Waals surface area contributed by atoms with Gasteiger partial charge in [-0.3, -0.25) is 0 Å². The van der Waals surface area contributed by atoms with Crippen LogP contribution < -0.4 is 0 Å². The standard InChI is InChI=1S/C6H14O3.2CHNO/c1-2-3-4-5-6(7,8)9;2*2-1-3/h7-9H,2-5H2,1H3;2*2H. The zero-order valence-electron chi connectivity index (χ0n) is 8.49. The van der Waals surface area contributed by atoms with Gasteiger partial charge in [-0.2, -0.15) is 0 Å². The fourth-order valence-electron chi connectivity index (χ4n) is 0.612. The van der Waals surface area contributed by atoms with Crippen LogP contribution in [0.25, 0.3) is 0 Å². The van der Waals surface area contributed by atoms with Crippen molar-refractivity contribution < 1.29 is 24.9 Å². The Labute approximate surface area is 87.4 Å². The van der Waals surface area contributed by atoms with E-state index in [-0.39, 0.29) is 6.42 Å². The number of aliphatic hydroxyl groups is 3. The molecular weight excluding hydrogens is 204 g/mol. The quantitative estimate of drug-likeness (QED) is 0.196. The van der Waals surface area contributed by atoms with E-state index in [4.69, 9.17) is 35.7 Å². The molecule has 0 bridgehead atoms. The normalized spacial score (nSPS) is 8.27. The van der Waals surface area contributed by atoms with Crippen molar-refractivity contribution in [3.8, 4) is 0 Å². The highest BCUT2D eigenvalue weighted by Gasteiger charge is 2.15. The third-order valence-corrected chi connectivity index (χ3v) is 1.12. The number of rotatable bonds is 4. The molecule has 0 aromatic rings. The molecule has 88 valence electrons. The van der Waals surface area contributed by atoms with Crippen LogP contribution in [0.15, 0.2) is 0 Å². The molecule has 0 rings (SSSR count). The van der Waals surface area contributed by atoms with Crippen molar-refractivity contribution in [2.45, 2.75) is 38.6 Å². The van der Waals surface area contributed by atoms with E-state index in [0.29, 0.717) is 6.42 Å². The first kappa shape index (κ1) is 19.2. The number of isocyanates is 2. The molecule has 0 unspecified atom stereocenters. The zero-order valence-corrected chi connectivity index (χ0v) is 8.49. The second-order valence-electron chi connectivity index (χ2n) is 2.44. The molecule has 0 heterocycles. The predicted molar refractivity (Wildman–Crippen MR) is 50.4 cm³/mol. The minimum Gasteiger partial charge on any atom is -0.344 e. The summed E-state index contributed by atoms with van der Waals surface area (Å²) in [7, 11) is 0. The summed E-state index contributed by atoms with van der Waals surface area (Å²) in [6.07, 6.45) is 4.13. The van der Waals surface area contributed by atoms with Gasteiger partial charge in [-0.1, -0.05) is 19.8 Å². The van der Waals surface area contributed by atoms with E-state index >= 15 is 0 Å². The third-order valence-electron chi connectivity index (χ3n) is 1.12. The van der Waals surface area contributed by atoms with E-state index in [0.717, 1.165) is 25.0 Å². The molecule has 0 fully saturated rings. The molecule has 0 amide bonds. The Kier molecular flexibility index (Phi) is 19.4. The summed E-state index contributed by atoms with van der Waals surface area (Å²) in [5.41, 5.74) is 0. The molecule has 0 aliphatic carbocycles. The van der Waals surface area contributed by atoms with Crippen molar-refractivity contribution in [1.82, 2.24) is 0 Å². The van der Waals surface area contributed by atoms with Crippen LogP contribution in [0.1, 0.15) is 32.6 Å². The maximum atomic E-state index is 8.36. The summed E-state index contributed by atoms with van der Waals surface area (Å²) in [6, 6.07) is 0. The Bertz CT molecular complexity index is 176. The summed E-state index contributed by atoms with van der Waals surface area (Å²) >= 11 is 0. The van der Waals surface area contributed by atoms with Gasteiger partial charge in [-0.15, -0.1) is 0 Å². The van der Waals surface area contributed by atoms with Crippen LogP contribution in [-0.2, 0) is 9.59 Å². The van der Waals surface area contributed by atoms with E-state index in [1.807, 2.05) is 6.92 Å². The molecule has 5 N–H and O–H groups in total. The van der Waals surface area contributed by atoms with Crippen molar-refractivity contribution in [3.05, 3.63) is 0 Å². The molecule has 7 heteroatoms. The van der Waals surface area contributed by atoms with Crippen LogP contribution in [0.5, 0.6) is 0 Å². The van der Waals surface area contributed by atoms with Crippen LogP contribution in [0.2, 0.25) is 0 Å². The second kappa shape index (κ2) is 15.1. The largest absolute Gasteiger partial charge is 0.344 e. The summed E-state index contributed by atoms with van der Waals surface area (Å²) < 4.78 is 0. The van der Waals surface area contributed by atoms with E-state index in [9.17, 15) is 0 Å². The molecule has 0 aliphatic heterocycles. The minimum atomic E-state index is -2.45. The summed E-state index contributed by atoms with van der Waals surface area (Å²) in [4.78, 5) is 16.7. The Morgan fingerprint density at radius 1 is 1.07 bits per heavy atom. The van der Waals surface area contributed by atoms with Crippen molar-refractivity contribution in [2.75, 3.05) is 0 Å². The summed E-state index contributed by atoms with van der Waals surface area (Å²) in [5.74, 6) is -2.45. The zero-order chi connectivity index (χ0) is 12.7. The fraction of sp³-hybridized carbons (Fsp3) is 0.750. The monoisotopic (exact) mass is 220 g/mol. The van der Waals surface area contributed by atoms with Gasteiger partial charge in [-0.25, -0.2) is 20.4 Å². The number of hydrogen-bond acceptors (Lipinski definition) is 7. The van der Waals surface area contributed by atoms with Gasteiger partial charge in [0.25, 0.3) is 5.97 Å². The SMILES string of the molecule is CCCCCC(O)(O)O.N=C=O.N=C=O. The molecule has 0 atom stereocenters. The van der Waals surface area contributed by atoms with Crippen LogP contribution >= 0.6 is 0 Å². The molecule has 0 aromatic carbocycles. The maximum absolute atomic E-state index is 8.36. The van der Waals surface area contributed by atoms with E-state index < -0.39 is 5.97 Å². The third kappa shape index (κ3) is 66.5. The molecule has 0 aromatic heterocycles. The van der Waals surface area contributed by atoms with E-state index in [1.54, 1.807) is 0 Å². The number of nitrogens with one attached hydrogen (secondary N) is 2. The second-order valence-corrected chi connectivity index (χ2v) is 2.44. The average Bonchev–Trinajstić information content (AvgIpc) is 2.05. The van der Waals surface area contributed by atoms with E-state index in [1.165, 1.54) is 0 Å². The summed E-state index contributed by atoms with van der Waals surface area (Å²) in [5, 5.41) is 35.9. The van der Waals surface area contributed by atoms with Crippen molar-refractivity contribution >= 4 is 12.2 Å². The highest BCUT2D eigenvalue weighted by Crippen LogP contribution is 2.07. The molecule has 7 nitrogen and oxygen atoms in total. The first-order valence-electron chi connectivity index (χ1n) is 4.14. The van der Waals surface area contributed by atoms with Crippen LogP contribution in [0, 0.1) is 10.8 Å². The van der Waals surface area contributed by atoms with Gasteiger partial charge in [0, 0.05) is 6.42 Å². The van der Waals surface area contributed by atoms with Crippen molar-refractivity contribution in [1.29, 1.82) is 10.8 Å². The van der Waals surface area contributed by atoms with Gasteiger partial charge in [0.2, 0.25) is 12.2 Å². The molecule has 0 radical (unpaired) electrons. The van der Waals surface area contributed by atoms with Gasteiger partial charge in [-0.05, 0) is 6.42 Å². The fourth-order valence-corrected chi connectivity index (χ4v) is 0.612. The Balaban J connectivity index is -0.000000200. The first-order valence-corrected chi connectivity index (χ1v) is 4.14.